The first kappa shape index (κ1) is 16.7. The van der Waals surface area contributed by atoms with Gasteiger partial charge in [-0.3, -0.25) is 0 Å². The molecular weight excluding hydrogens is 300 g/mol. The van der Waals surface area contributed by atoms with Gasteiger partial charge in [-0.25, -0.2) is 4.98 Å². The molecule has 0 radical (unpaired) electrons. The number of aliphatic hydroxyl groups excluding tert-OH is 2. The van der Waals surface area contributed by atoms with Crippen LogP contribution in [0.4, 0.5) is 0 Å². The number of hydrogen-bond donors (Lipinski definition) is 2. The molecule has 0 fully saturated rings. The van der Waals surface area contributed by atoms with Crippen LogP contribution in [-0.2, 0) is 13.0 Å². The average molecular weight is 324 g/mol. The van der Waals surface area contributed by atoms with Crippen LogP contribution in [0.5, 0.6) is 0 Å². The normalized spacial score (nSPS) is 12.7. The summed E-state index contributed by atoms with van der Waals surface area (Å²) >= 11 is 0. The molecule has 0 saturated carbocycles. The van der Waals surface area contributed by atoms with Crippen molar-refractivity contribution in [2.75, 3.05) is 6.61 Å². The number of aliphatic hydroxyl groups is 2. The third kappa shape index (κ3) is 3.35. The van der Waals surface area contributed by atoms with E-state index < -0.39 is 6.10 Å². The fraction of sp³-hybridized carbons (Fsp3) is 0.350. The molecule has 3 rings (SSSR count). The average Bonchev–Trinajstić information content (AvgIpc) is 2.90. The largest absolute Gasteiger partial charge is 0.396 e. The molecule has 2 N–H and O–H groups in total. The Kier molecular flexibility index (Phi) is 4.97. The summed E-state index contributed by atoms with van der Waals surface area (Å²) < 4.78 is 2.08. The molecule has 0 aliphatic carbocycles. The zero-order chi connectivity index (χ0) is 17.1. The van der Waals surface area contributed by atoms with E-state index in [2.05, 4.69) is 22.5 Å². The Hall–Kier alpha value is -2.17. The quantitative estimate of drug-likeness (QED) is 0.731. The molecule has 126 valence electrons. The van der Waals surface area contributed by atoms with Gasteiger partial charge >= 0.3 is 0 Å². The van der Waals surface area contributed by atoms with Gasteiger partial charge in [0.05, 0.1) is 23.7 Å². The van der Waals surface area contributed by atoms with Gasteiger partial charge in [-0.05, 0) is 43.5 Å². The van der Waals surface area contributed by atoms with Crippen molar-refractivity contribution in [3.8, 4) is 0 Å². The minimum atomic E-state index is -0.587. The van der Waals surface area contributed by atoms with Crippen molar-refractivity contribution >= 4 is 11.0 Å². The SMILES string of the molecule is Cc1ccc(C(O)Cn2c(CCCO)nc3ccccc32)c(C)c1. The predicted molar refractivity (Wildman–Crippen MR) is 96.0 cm³/mol. The van der Waals surface area contributed by atoms with E-state index in [1.165, 1.54) is 5.56 Å². The number of benzene rings is 2. The Bertz CT molecular complexity index is 839. The van der Waals surface area contributed by atoms with Crippen LogP contribution in [-0.4, -0.2) is 26.4 Å². The van der Waals surface area contributed by atoms with Crippen LogP contribution in [0, 0.1) is 13.8 Å². The minimum absolute atomic E-state index is 0.142. The molecule has 1 heterocycles. The second-order valence-electron chi connectivity index (χ2n) is 6.33. The Balaban J connectivity index is 1.95. The van der Waals surface area contributed by atoms with E-state index in [1.807, 2.05) is 43.3 Å². The van der Waals surface area contributed by atoms with Crippen LogP contribution < -0.4 is 0 Å². The van der Waals surface area contributed by atoms with Crippen molar-refractivity contribution in [3.05, 3.63) is 65.0 Å². The van der Waals surface area contributed by atoms with Crippen molar-refractivity contribution in [1.29, 1.82) is 0 Å². The fourth-order valence-electron chi connectivity index (χ4n) is 3.23. The third-order valence-corrected chi connectivity index (χ3v) is 4.43. The van der Waals surface area contributed by atoms with Crippen molar-refractivity contribution in [1.82, 2.24) is 9.55 Å². The highest BCUT2D eigenvalue weighted by Crippen LogP contribution is 2.24. The van der Waals surface area contributed by atoms with Crippen molar-refractivity contribution < 1.29 is 10.2 Å². The topological polar surface area (TPSA) is 58.3 Å². The maximum Gasteiger partial charge on any atom is 0.110 e. The van der Waals surface area contributed by atoms with E-state index in [9.17, 15) is 5.11 Å². The standard InChI is InChI=1S/C20H24N2O2/c1-14-9-10-16(15(2)12-14)19(24)13-22-18-7-4-3-6-17(18)21-20(22)8-5-11-23/h3-4,6-7,9-10,12,19,23-24H,5,8,11,13H2,1-2H3. The van der Waals surface area contributed by atoms with E-state index >= 15 is 0 Å². The zero-order valence-electron chi connectivity index (χ0n) is 14.2. The van der Waals surface area contributed by atoms with Crippen LogP contribution in [0.3, 0.4) is 0 Å². The van der Waals surface area contributed by atoms with Crippen LogP contribution in [0.15, 0.2) is 42.5 Å². The molecule has 0 bridgehead atoms. The Morgan fingerprint density at radius 3 is 2.67 bits per heavy atom. The Morgan fingerprint density at radius 2 is 1.92 bits per heavy atom. The Labute approximate surface area is 142 Å². The van der Waals surface area contributed by atoms with Crippen molar-refractivity contribution in [2.24, 2.45) is 0 Å². The second-order valence-corrected chi connectivity index (χ2v) is 6.33. The number of para-hydroxylation sites is 2. The molecule has 4 nitrogen and oxygen atoms in total. The van der Waals surface area contributed by atoms with Crippen molar-refractivity contribution in [3.63, 3.8) is 0 Å². The molecule has 24 heavy (non-hydrogen) atoms. The summed E-state index contributed by atoms with van der Waals surface area (Å²) in [6.07, 6.45) is 0.782. The monoisotopic (exact) mass is 324 g/mol. The summed E-state index contributed by atoms with van der Waals surface area (Å²) in [5, 5.41) is 19.9. The highest BCUT2D eigenvalue weighted by atomic mass is 16.3. The van der Waals surface area contributed by atoms with Gasteiger partial charge in [0.15, 0.2) is 0 Å². The summed E-state index contributed by atoms with van der Waals surface area (Å²) in [5.74, 6) is 0.911. The summed E-state index contributed by atoms with van der Waals surface area (Å²) in [7, 11) is 0. The van der Waals surface area contributed by atoms with E-state index in [4.69, 9.17) is 5.11 Å². The van der Waals surface area contributed by atoms with Gasteiger partial charge in [0.25, 0.3) is 0 Å². The molecular formula is C20H24N2O2. The molecule has 3 aromatic rings. The first-order valence-electron chi connectivity index (χ1n) is 8.40. The lowest BCUT2D eigenvalue weighted by Crippen LogP contribution is -2.13. The number of aromatic nitrogens is 2. The predicted octanol–water partition coefficient (Wildman–Crippen LogP) is 3.31. The molecule has 0 spiro atoms. The van der Waals surface area contributed by atoms with Crippen LogP contribution in [0.2, 0.25) is 0 Å². The maximum absolute atomic E-state index is 10.8. The fourth-order valence-corrected chi connectivity index (χ4v) is 3.23. The van der Waals surface area contributed by atoms with E-state index in [-0.39, 0.29) is 6.61 Å². The van der Waals surface area contributed by atoms with Gasteiger partial charge in [-0.2, -0.15) is 0 Å². The number of imidazole rings is 1. The van der Waals surface area contributed by atoms with E-state index in [0.717, 1.165) is 28.0 Å². The highest BCUT2D eigenvalue weighted by molar-refractivity contribution is 5.75. The minimum Gasteiger partial charge on any atom is -0.396 e. The summed E-state index contributed by atoms with van der Waals surface area (Å²) in [6, 6.07) is 14.1. The molecule has 1 aromatic heterocycles. The molecule has 4 heteroatoms. The van der Waals surface area contributed by atoms with Crippen LogP contribution in [0.1, 0.15) is 35.0 Å². The lowest BCUT2D eigenvalue weighted by Gasteiger charge is -2.17. The lowest BCUT2D eigenvalue weighted by atomic mass is 10.0. The van der Waals surface area contributed by atoms with Gasteiger partial charge in [-0.15, -0.1) is 0 Å². The molecule has 2 aromatic carbocycles. The first-order chi connectivity index (χ1) is 11.6. The van der Waals surface area contributed by atoms with Crippen LogP contribution in [0.25, 0.3) is 11.0 Å². The second kappa shape index (κ2) is 7.16. The van der Waals surface area contributed by atoms with Gasteiger partial charge in [0, 0.05) is 13.0 Å². The molecule has 0 aliphatic heterocycles. The van der Waals surface area contributed by atoms with Crippen LogP contribution >= 0.6 is 0 Å². The number of hydrogen-bond acceptors (Lipinski definition) is 3. The number of aryl methyl sites for hydroxylation is 3. The third-order valence-electron chi connectivity index (χ3n) is 4.43. The summed E-state index contributed by atoms with van der Waals surface area (Å²) in [6.45, 7) is 4.69. The number of nitrogens with zero attached hydrogens (tertiary/aromatic N) is 2. The molecule has 0 saturated heterocycles. The first-order valence-corrected chi connectivity index (χ1v) is 8.40. The van der Waals surface area contributed by atoms with E-state index in [1.54, 1.807) is 0 Å². The molecule has 1 unspecified atom stereocenters. The molecule has 0 amide bonds. The van der Waals surface area contributed by atoms with Gasteiger partial charge in [0.1, 0.15) is 5.82 Å². The van der Waals surface area contributed by atoms with Crippen molar-refractivity contribution in [2.45, 2.75) is 39.3 Å². The lowest BCUT2D eigenvalue weighted by molar-refractivity contribution is 0.156. The zero-order valence-corrected chi connectivity index (χ0v) is 14.2. The Morgan fingerprint density at radius 1 is 1.12 bits per heavy atom. The van der Waals surface area contributed by atoms with E-state index in [0.29, 0.717) is 19.4 Å². The molecule has 0 aliphatic rings. The highest BCUT2D eigenvalue weighted by Gasteiger charge is 2.16. The van der Waals surface area contributed by atoms with Gasteiger partial charge < -0.3 is 14.8 Å². The summed E-state index contributed by atoms with van der Waals surface area (Å²) in [4.78, 5) is 4.67. The number of rotatable bonds is 6. The van der Waals surface area contributed by atoms with Gasteiger partial charge in [-0.1, -0.05) is 35.9 Å². The summed E-state index contributed by atoms with van der Waals surface area (Å²) in [5.41, 5.74) is 5.20. The molecule has 1 atom stereocenters. The maximum atomic E-state index is 10.8. The smallest absolute Gasteiger partial charge is 0.110 e. The van der Waals surface area contributed by atoms with Gasteiger partial charge in [0.2, 0.25) is 0 Å². The number of fused-ring (bicyclic) bond motifs is 1.